The topological polar surface area (TPSA) is 3.24 Å². The van der Waals surface area contributed by atoms with Crippen LogP contribution in [0, 0.1) is 11.8 Å². The van der Waals surface area contributed by atoms with Gasteiger partial charge < -0.3 is 0 Å². The Labute approximate surface area is 109 Å². The lowest BCUT2D eigenvalue weighted by Crippen LogP contribution is -2.10. The summed E-state index contributed by atoms with van der Waals surface area (Å²) in [5.41, 5.74) is 0. The molecule has 0 heterocycles. The first-order valence-corrected chi connectivity index (χ1v) is 7.37. The van der Waals surface area contributed by atoms with Gasteiger partial charge in [-0.25, -0.2) is 0 Å². The second-order valence-electron chi connectivity index (χ2n) is 5.17. The fourth-order valence-corrected chi connectivity index (χ4v) is 1.83. The van der Waals surface area contributed by atoms with Crippen molar-refractivity contribution in [2.75, 3.05) is 20.6 Å². The van der Waals surface area contributed by atoms with Crippen LogP contribution < -0.4 is 0 Å². The second kappa shape index (κ2) is 13.6. The van der Waals surface area contributed by atoms with Gasteiger partial charge in [-0.05, 0) is 20.5 Å². The van der Waals surface area contributed by atoms with Gasteiger partial charge >= 0.3 is 0 Å². The minimum absolute atomic E-state index is 0.900. The third-order valence-corrected chi connectivity index (χ3v) is 2.93. The maximum absolute atomic E-state index is 3.24. The minimum atomic E-state index is 0.900. The Balaban J connectivity index is 3.05. The maximum Gasteiger partial charge on any atom is 0.0596 e. The molecular weight excluding hydrogens is 206 g/mol. The van der Waals surface area contributed by atoms with Crippen LogP contribution in [-0.4, -0.2) is 25.5 Å². The van der Waals surface area contributed by atoms with Gasteiger partial charge in [-0.2, -0.15) is 0 Å². The molecular formula is C16H31N. The first-order valence-electron chi connectivity index (χ1n) is 7.37. The Morgan fingerprint density at radius 2 is 1.24 bits per heavy atom. The molecule has 1 heteroatoms. The molecule has 0 aromatic carbocycles. The van der Waals surface area contributed by atoms with Crippen molar-refractivity contribution in [1.29, 1.82) is 0 Å². The fraction of sp³-hybridized carbons (Fsp3) is 0.875. The Hall–Kier alpha value is -0.480. The number of unbranched alkanes of at least 4 members (excludes halogenated alkanes) is 9. The van der Waals surface area contributed by atoms with Crippen LogP contribution in [0.1, 0.15) is 71.1 Å². The molecule has 0 aromatic heterocycles. The van der Waals surface area contributed by atoms with E-state index in [0.29, 0.717) is 0 Å². The summed E-state index contributed by atoms with van der Waals surface area (Å²) in [4.78, 5) is 2.11. The molecule has 0 radical (unpaired) electrons. The molecule has 0 spiro atoms. The number of rotatable bonds is 10. The van der Waals surface area contributed by atoms with Gasteiger partial charge in [0.15, 0.2) is 0 Å². The lowest BCUT2D eigenvalue weighted by molar-refractivity contribution is 0.463. The fourth-order valence-electron chi connectivity index (χ4n) is 1.83. The predicted octanol–water partition coefficient (Wildman–Crippen LogP) is 4.47. The van der Waals surface area contributed by atoms with Crippen LogP contribution in [0.25, 0.3) is 0 Å². The Morgan fingerprint density at radius 1 is 0.706 bits per heavy atom. The van der Waals surface area contributed by atoms with E-state index in [1.807, 2.05) is 0 Å². The summed E-state index contributed by atoms with van der Waals surface area (Å²) in [6, 6.07) is 0. The minimum Gasteiger partial charge on any atom is -0.299 e. The second-order valence-corrected chi connectivity index (χ2v) is 5.17. The average molecular weight is 237 g/mol. The summed E-state index contributed by atoms with van der Waals surface area (Å²) in [5, 5.41) is 0. The van der Waals surface area contributed by atoms with E-state index in [0.717, 1.165) is 13.0 Å². The van der Waals surface area contributed by atoms with Crippen molar-refractivity contribution in [3.05, 3.63) is 0 Å². The zero-order chi connectivity index (χ0) is 12.8. The average Bonchev–Trinajstić information content (AvgIpc) is 2.30. The molecule has 0 atom stereocenters. The first-order chi connectivity index (χ1) is 8.27. The zero-order valence-corrected chi connectivity index (χ0v) is 12.2. The summed E-state index contributed by atoms with van der Waals surface area (Å²) < 4.78 is 0. The molecule has 0 aromatic rings. The van der Waals surface area contributed by atoms with E-state index in [2.05, 4.69) is 37.8 Å². The van der Waals surface area contributed by atoms with Gasteiger partial charge in [0.1, 0.15) is 0 Å². The van der Waals surface area contributed by atoms with Gasteiger partial charge in [0.2, 0.25) is 0 Å². The van der Waals surface area contributed by atoms with E-state index in [1.54, 1.807) is 0 Å². The molecule has 100 valence electrons. The molecule has 0 amide bonds. The first kappa shape index (κ1) is 16.5. The molecule has 0 unspecified atom stereocenters. The van der Waals surface area contributed by atoms with Gasteiger partial charge in [-0.15, -0.1) is 5.92 Å². The SMILES string of the molecule is CCCCCCCCCCCC#CCN(C)C. The Bertz CT molecular complexity index is 197. The predicted molar refractivity (Wildman–Crippen MR) is 78.2 cm³/mol. The third-order valence-electron chi connectivity index (χ3n) is 2.93. The monoisotopic (exact) mass is 237 g/mol. The highest BCUT2D eigenvalue weighted by Gasteiger charge is 1.91. The van der Waals surface area contributed by atoms with Crippen molar-refractivity contribution in [2.24, 2.45) is 0 Å². The molecule has 0 bridgehead atoms. The molecule has 0 aliphatic heterocycles. The van der Waals surface area contributed by atoms with Gasteiger partial charge in [0.25, 0.3) is 0 Å². The third kappa shape index (κ3) is 15.5. The van der Waals surface area contributed by atoms with Crippen molar-refractivity contribution < 1.29 is 0 Å². The molecule has 0 fully saturated rings. The lowest BCUT2D eigenvalue weighted by atomic mass is 10.1. The van der Waals surface area contributed by atoms with Crippen LogP contribution >= 0.6 is 0 Å². The number of hydrogen-bond acceptors (Lipinski definition) is 1. The normalized spacial score (nSPS) is 10.4. The molecule has 1 nitrogen and oxygen atoms in total. The highest BCUT2D eigenvalue weighted by molar-refractivity contribution is 5.00. The van der Waals surface area contributed by atoms with Crippen LogP contribution in [0.5, 0.6) is 0 Å². The molecule has 0 N–H and O–H groups in total. The quantitative estimate of drug-likeness (QED) is 0.400. The largest absolute Gasteiger partial charge is 0.299 e. The van der Waals surface area contributed by atoms with Crippen LogP contribution in [0.4, 0.5) is 0 Å². The van der Waals surface area contributed by atoms with E-state index in [9.17, 15) is 0 Å². The molecule has 0 aliphatic carbocycles. The van der Waals surface area contributed by atoms with Crippen molar-refractivity contribution in [1.82, 2.24) is 4.90 Å². The van der Waals surface area contributed by atoms with Gasteiger partial charge in [0, 0.05) is 6.42 Å². The molecule has 0 rings (SSSR count). The van der Waals surface area contributed by atoms with Gasteiger partial charge in [-0.3, -0.25) is 4.90 Å². The van der Waals surface area contributed by atoms with Crippen molar-refractivity contribution in [2.45, 2.75) is 71.1 Å². The summed E-state index contributed by atoms with van der Waals surface area (Å²) in [6.07, 6.45) is 13.7. The van der Waals surface area contributed by atoms with Gasteiger partial charge in [0.05, 0.1) is 6.54 Å². The number of nitrogens with zero attached hydrogens (tertiary/aromatic N) is 1. The molecule has 0 aliphatic rings. The van der Waals surface area contributed by atoms with Crippen LogP contribution in [0.15, 0.2) is 0 Å². The summed E-state index contributed by atoms with van der Waals surface area (Å²) in [6.45, 7) is 3.18. The maximum atomic E-state index is 3.24. The van der Waals surface area contributed by atoms with E-state index in [-0.39, 0.29) is 0 Å². The van der Waals surface area contributed by atoms with Crippen molar-refractivity contribution in [3.63, 3.8) is 0 Å². The standard InChI is InChI=1S/C16H31N/c1-4-5-6-7-8-9-10-11-12-13-14-15-16-17(2)3/h4-13,16H2,1-3H3. The van der Waals surface area contributed by atoms with E-state index >= 15 is 0 Å². The van der Waals surface area contributed by atoms with E-state index in [1.165, 1.54) is 57.8 Å². The van der Waals surface area contributed by atoms with Crippen molar-refractivity contribution in [3.8, 4) is 11.8 Å². The zero-order valence-electron chi connectivity index (χ0n) is 12.2. The van der Waals surface area contributed by atoms with Gasteiger partial charge in [-0.1, -0.05) is 64.2 Å². The van der Waals surface area contributed by atoms with Crippen LogP contribution in [0.2, 0.25) is 0 Å². The molecule has 0 saturated carbocycles. The lowest BCUT2D eigenvalue weighted by Gasteiger charge is -2.01. The smallest absolute Gasteiger partial charge is 0.0596 e. The van der Waals surface area contributed by atoms with Crippen molar-refractivity contribution >= 4 is 0 Å². The number of hydrogen-bond donors (Lipinski definition) is 0. The summed E-state index contributed by atoms with van der Waals surface area (Å²) >= 11 is 0. The summed E-state index contributed by atoms with van der Waals surface area (Å²) in [7, 11) is 4.13. The Morgan fingerprint density at radius 3 is 1.76 bits per heavy atom. The molecule has 17 heavy (non-hydrogen) atoms. The highest BCUT2D eigenvalue weighted by atomic mass is 15.0. The summed E-state index contributed by atoms with van der Waals surface area (Å²) in [5.74, 6) is 6.43. The molecule has 0 saturated heterocycles. The van der Waals surface area contributed by atoms with Crippen LogP contribution in [-0.2, 0) is 0 Å². The van der Waals surface area contributed by atoms with Crippen LogP contribution in [0.3, 0.4) is 0 Å². The Kier molecular flexibility index (Phi) is 13.2. The van der Waals surface area contributed by atoms with E-state index < -0.39 is 0 Å². The highest BCUT2D eigenvalue weighted by Crippen LogP contribution is 2.10. The van der Waals surface area contributed by atoms with E-state index in [4.69, 9.17) is 0 Å².